The van der Waals surface area contributed by atoms with E-state index in [0.717, 1.165) is 0 Å². The molecule has 0 aromatic heterocycles. The fourth-order valence-corrected chi connectivity index (χ4v) is 0.976. The maximum Gasteiger partial charge on any atom is 0.132 e. The molecule has 0 atom stereocenters. The third-order valence-electron chi connectivity index (χ3n) is 2.06. The van der Waals surface area contributed by atoms with E-state index in [1.165, 1.54) is 5.69 Å². The zero-order valence-electron chi connectivity index (χ0n) is 10.2. The second-order valence-electron chi connectivity index (χ2n) is 3.48. The van der Waals surface area contributed by atoms with Gasteiger partial charge in [-0.05, 0) is 12.1 Å². The van der Waals surface area contributed by atoms with Gasteiger partial charge in [-0.2, -0.15) is 0 Å². The lowest BCUT2D eigenvalue weighted by Crippen LogP contribution is -2.07. The van der Waals surface area contributed by atoms with Crippen molar-refractivity contribution >= 4 is 11.5 Å². The predicted molar refractivity (Wildman–Crippen MR) is 66.4 cm³/mol. The van der Waals surface area contributed by atoms with Crippen molar-refractivity contribution in [3.05, 3.63) is 30.3 Å². The van der Waals surface area contributed by atoms with Crippen molar-refractivity contribution in [2.24, 2.45) is 0 Å². The Labute approximate surface area is 92.9 Å². The van der Waals surface area contributed by atoms with Crippen molar-refractivity contribution in [3.8, 4) is 0 Å². The van der Waals surface area contributed by atoms with E-state index in [1.54, 1.807) is 0 Å². The molecule has 0 amide bonds. The van der Waals surface area contributed by atoms with Gasteiger partial charge >= 0.3 is 0 Å². The average molecular weight is 207 g/mol. The van der Waals surface area contributed by atoms with Crippen molar-refractivity contribution in [2.75, 3.05) is 19.0 Å². The average Bonchev–Trinajstić information content (AvgIpc) is 2.30. The maximum absolute atomic E-state index is 10.2. The molecular weight excluding hydrogens is 186 g/mol. The van der Waals surface area contributed by atoms with E-state index in [4.69, 9.17) is 0 Å². The van der Waals surface area contributed by atoms with Crippen molar-refractivity contribution in [1.82, 2.24) is 0 Å². The lowest BCUT2D eigenvalue weighted by molar-refractivity contribution is -0.118. The van der Waals surface area contributed by atoms with Crippen LogP contribution in [0.4, 0.5) is 5.69 Å². The highest BCUT2D eigenvalue weighted by molar-refractivity contribution is 5.77. The van der Waals surface area contributed by atoms with Crippen LogP contribution in [0.2, 0.25) is 0 Å². The van der Waals surface area contributed by atoms with Crippen LogP contribution < -0.4 is 4.90 Å². The molecule has 2 heteroatoms. The first-order chi connectivity index (χ1) is 7.11. The van der Waals surface area contributed by atoms with E-state index in [-0.39, 0.29) is 0 Å². The molecule has 1 aromatic rings. The van der Waals surface area contributed by atoms with Gasteiger partial charge in [-0.1, -0.05) is 32.0 Å². The summed E-state index contributed by atoms with van der Waals surface area (Å²) in [5.74, 6) is 0.343. The van der Waals surface area contributed by atoms with Crippen LogP contribution in [0, 0.1) is 0 Å². The molecule has 0 radical (unpaired) electrons. The molecule has 0 saturated carbocycles. The van der Waals surface area contributed by atoms with Crippen LogP contribution in [-0.2, 0) is 4.79 Å². The minimum Gasteiger partial charge on any atom is -0.378 e. The second-order valence-corrected chi connectivity index (χ2v) is 3.48. The first-order valence-electron chi connectivity index (χ1n) is 5.35. The number of rotatable bonds is 3. The Morgan fingerprint density at radius 2 is 1.53 bits per heavy atom. The number of ketones is 1. The summed E-state index contributed by atoms with van der Waals surface area (Å²) in [4.78, 5) is 12.3. The van der Waals surface area contributed by atoms with E-state index in [2.05, 4.69) is 17.0 Å². The lowest BCUT2D eigenvalue weighted by Gasteiger charge is -2.10. The minimum atomic E-state index is 0.343. The lowest BCUT2D eigenvalue weighted by atomic mass is 10.3. The molecule has 0 saturated heterocycles. The van der Waals surface area contributed by atoms with Gasteiger partial charge in [0.15, 0.2) is 0 Å². The zero-order valence-corrected chi connectivity index (χ0v) is 10.2. The third-order valence-corrected chi connectivity index (χ3v) is 2.06. The SMILES string of the molecule is CCC(=O)CC.CN(C)c1ccccc1. The molecule has 0 aliphatic heterocycles. The molecule has 0 heterocycles. The number of hydrogen-bond acceptors (Lipinski definition) is 2. The minimum absolute atomic E-state index is 0.343. The van der Waals surface area contributed by atoms with Gasteiger partial charge in [0.1, 0.15) is 5.78 Å². The van der Waals surface area contributed by atoms with Gasteiger partial charge in [0, 0.05) is 32.6 Å². The molecular formula is C13H21NO. The molecule has 0 spiro atoms. The highest BCUT2D eigenvalue weighted by Crippen LogP contribution is 2.07. The summed E-state index contributed by atoms with van der Waals surface area (Å²) in [6.07, 6.45) is 1.38. The number of Topliss-reactive ketones (excluding diaryl/α,β-unsaturated/α-hetero) is 1. The first kappa shape index (κ1) is 13.7. The Morgan fingerprint density at radius 3 is 1.73 bits per heavy atom. The van der Waals surface area contributed by atoms with Crippen molar-refractivity contribution in [1.29, 1.82) is 0 Å². The molecule has 0 N–H and O–H groups in total. The van der Waals surface area contributed by atoms with Gasteiger partial charge in [0.05, 0.1) is 0 Å². The highest BCUT2D eigenvalue weighted by atomic mass is 16.1. The van der Waals surface area contributed by atoms with Crippen LogP contribution in [-0.4, -0.2) is 19.9 Å². The van der Waals surface area contributed by atoms with Gasteiger partial charge in [-0.25, -0.2) is 0 Å². The van der Waals surface area contributed by atoms with E-state index >= 15 is 0 Å². The monoisotopic (exact) mass is 207 g/mol. The van der Waals surface area contributed by atoms with Crippen LogP contribution in [0.1, 0.15) is 26.7 Å². The van der Waals surface area contributed by atoms with E-state index in [0.29, 0.717) is 18.6 Å². The van der Waals surface area contributed by atoms with Crippen molar-refractivity contribution in [3.63, 3.8) is 0 Å². The van der Waals surface area contributed by atoms with Crippen LogP contribution in [0.25, 0.3) is 0 Å². The zero-order chi connectivity index (χ0) is 11.7. The summed E-state index contributed by atoms with van der Waals surface area (Å²) < 4.78 is 0. The van der Waals surface area contributed by atoms with E-state index in [1.807, 2.05) is 46.1 Å². The first-order valence-corrected chi connectivity index (χ1v) is 5.35. The molecule has 2 nitrogen and oxygen atoms in total. The summed E-state index contributed by atoms with van der Waals surface area (Å²) >= 11 is 0. The van der Waals surface area contributed by atoms with Crippen LogP contribution in [0.3, 0.4) is 0 Å². The Balaban J connectivity index is 0.000000288. The number of carbonyl (C=O) groups excluding carboxylic acids is 1. The van der Waals surface area contributed by atoms with Gasteiger partial charge < -0.3 is 4.90 Å². The second kappa shape index (κ2) is 8.04. The Morgan fingerprint density at radius 1 is 1.07 bits per heavy atom. The quantitative estimate of drug-likeness (QED) is 0.759. The van der Waals surface area contributed by atoms with Crippen LogP contribution >= 0.6 is 0 Å². The van der Waals surface area contributed by atoms with E-state index in [9.17, 15) is 4.79 Å². The predicted octanol–water partition coefficient (Wildman–Crippen LogP) is 3.13. The van der Waals surface area contributed by atoms with Crippen molar-refractivity contribution in [2.45, 2.75) is 26.7 Å². The molecule has 1 rings (SSSR count). The third kappa shape index (κ3) is 6.72. The Hall–Kier alpha value is -1.31. The fraction of sp³-hybridized carbons (Fsp3) is 0.462. The number of benzene rings is 1. The van der Waals surface area contributed by atoms with Gasteiger partial charge in [0.25, 0.3) is 0 Å². The number of anilines is 1. The van der Waals surface area contributed by atoms with Crippen molar-refractivity contribution < 1.29 is 4.79 Å². The van der Waals surface area contributed by atoms with Crippen LogP contribution in [0.5, 0.6) is 0 Å². The fourth-order valence-electron chi connectivity index (χ4n) is 0.976. The molecule has 0 bridgehead atoms. The molecule has 0 aliphatic rings. The normalized spacial score (nSPS) is 8.80. The molecule has 0 fully saturated rings. The summed E-state index contributed by atoms with van der Waals surface area (Å²) in [5.41, 5.74) is 1.25. The molecule has 84 valence electrons. The number of hydrogen-bond donors (Lipinski definition) is 0. The molecule has 0 unspecified atom stereocenters. The Bertz CT molecular complexity index is 261. The molecule has 1 aromatic carbocycles. The highest BCUT2D eigenvalue weighted by Gasteiger charge is 1.87. The smallest absolute Gasteiger partial charge is 0.132 e. The van der Waals surface area contributed by atoms with Gasteiger partial charge in [-0.3, -0.25) is 4.79 Å². The van der Waals surface area contributed by atoms with Gasteiger partial charge in [0.2, 0.25) is 0 Å². The number of carbonyl (C=O) groups is 1. The Kier molecular flexibility index (Phi) is 7.33. The topological polar surface area (TPSA) is 20.3 Å². The van der Waals surface area contributed by atoms with E-state index < -0.39 is 0 Å². The number of para-hydroxylation sites is 1. The summed E-state index contributed by atoms with van der Waals surface area (Å²) in [7, 11) is 4.07. The summed E-state index contributed by atoms with van der Waals surface area (Å²) in [6, 6.07) is 10.3. The summed E-state index contributed by atoms with van der Waals surface area (Å²) in [5, 5.41) is 0. The standard InChI is InChI=1S/C8H11N.C5H10O/c1-9(2)8-6-4-3-5-7-8;1-3-5(6)4-2/h3-7H,1-2H3;3-4H2,1-2H3. The molecule has 15 heavy (non-hydrogen) atoms. The largest absolute Gasteiger partial charge is 0.378 e. The van der Waals surface area contributed by atoms with Gasteiger partial charge in [-0.15, -0.1) is 0 Å². The maximum atomic E-state index is 10.2. The van der Waals surface area contributed by atoms with Crippen LogP contribution in [0.15, 0.2) is 30.3 Å². The summed E-state index contributed by atoms with van der Waals surface area (Å²) in [6.45, 7) is 3.76. The number of nitrogens with zero attached hydrogens (tertiary/aromatic N) is 1. The molecule has 0 aliphatic carbocycles.